The lowest BCUT2D eigenvalue weighted by molar-refractivity contribution is -0.124. The van der Waals surface area contributed by atoms with E-state index in [0.29, 0.717) is 0 Å². The maximum atomic E-state index is 10.9. The highest BCUT2D eigenvalue weighted by Crippen LogP contribution is 2.05. The van der Waals surface area contributed by atoms with Crippen molar-refractivity contribution in [3.63, 3.8) is 0 Å². The van der Waals surface area contributed by atoms with E-state index < -0.39 is 17.2 Å². The Morgan fingerprint density at radius 1 is 1.43 bits per heavy atom. The Morgan fingerprint density at radius 3 is 2.43 bits per heavy atom. The van der Waals surface area contributed by atoms with E-state index in [1.807, 2.05) is 6.07 Å². The molecule has 0 N–H and O–H groups in total. The van der Waals surface area contributed by atoms with Crippen LogP contribution in [0.2, 0.25) is 0 Å². The van der Waals surface area contributed by atoms with Crippen LogP contribution in [0.25, 0.3) is 0 Å². The molecule has 0 bridgehead atoms. The number of rotatable bonds is 3. The van der Waals surface area contributed by atoms with E-state index in [9.17, 15) is 13.6 Å². The lowest BCUT2D eigenvalue weighted by Gasteiger charge is -2.22. The molecule has 1 amide bonds. The molecule has 0 heterocycles. The van der Waals surface area contributed by atoms with E-state index >= 15 is 0 Å². The summed E-state index contributed by atoms with van der Waals surface area (Å²) >= 11 is -2.50. The Morgan fingerprint density at radius 2 is 2.00 bits per heavy atom. The largest absolute Gasteiger partial charge is 0.755 e. The van der Waals surface area contributed by atoms with Crippen LogP contribution in [0.4, 0.5) is 0 Å². The zero-order chi connectivity index (χ0) is 10.6. The van der Waals surface area contributed by atoms with Gasteiger partial charge < -0.3 is 4.55 Å². The van der Waals surface area contributed by atoms with Crippen molar-refractivity contribution in [2.24, 2.45) is 0 Å². The second kappa shape index (κ2) is 4.88. The Kier molecular flexibility index (Phi) is 3.79. The number of hydrogen-bond donors (Lipinski definition) is 0. The van der Waals surface area contributed by atoms with Crippen LogP contribution in [0.3, 0.4) is 0 Å². The molecular formula is C9H10NO3S-. The van der Waals surface area contributed by atoms with Gasteiger partial charge in [0.25, 0.3) is 0 Å². The second-order valence-corrected chi connectivity index (χ2v) is 3.63. The van der Waals surface area contributed by atoms with E-state index in [1.165, 1.54) is 6.92 Å². The first-order chi connectivity index (χ1) is 6.61. The summed E-state index contributed by atoms with van der Waals surface area (Å²) in [4.78, 5) is 10.9. The fourth-order valence-corrected chi connectivity index (χ4v) is 1.48. The summed E-state index contributed by atoms with van der Waals surface area (Å²) in [7, 11) is 0. The summed E-state index contributed by atoms with van der Waals surface area (Å²) in [6, 6.07) is 8.95. The molecule has 0 aliphatic heterocycles. The molecule has 0 fully saturated rings. The van der Waals surface area contributed by atoms with E-state index in [1.54, 1.807) is 24.3 Å². The van der Waals surface area contributed by atoms with Gasteiger partial charge in [-0.25, -0.2) is 0 Å². The van der Waals surface area contributed by atoms with Crippen molar-refractivity contribution in [2.45, 2.75) is 13.5 Å². The Balaban J connectivity index is 2.75. The van der Waals surface area contributed by atoms with Crippen molar-refractivity contribution in [3.05, 3.63) is 35.9 Å². The summed E-state index contributed by atoms with van der Waals surface area (Å²) in [5, 5.41) is 0. The lowest BCUT2D eigenvalue weighted by Crippen LogP contribution is -2.29. The minimum atomic E-state index is -2.50. The fourth-order valence-electron chi connectivity index (χ4n) is 1.02. The van der Waals surface area contributed by atoms with Crippen molar-refractivity contribution >= 4 is 17.2 Å². The first kappa shape index (κ1) is 10.9. The fraction of sp³-hybridized carbons (Fsp3) is 0.222. The quantitative estimate of drug-likeness (QED) is 0.697. The lowest BCUT2D eigenvalue weighted by atomic mass is 10.2. The number of amides is 1. The molecule has 0 radical (unpaired) electrons. The average molecular weight is 212 g/mol. The van der Waals surface area contributed by atoms with E-state index in [0.717, 1.165) is 9.87 Å². The van der Waals surface area contributed by atoms with Crippen molar-refractivity contribution in [1.82, 2.24) is 4.31 Å². The Hall–Kier alpha value is -1.20. The molecule has 1 aromatic carbocycles. The Bertz CT molecular complexity index is 325. The van der Waals surface area contributed by atoms with Gasteiger partial charge in [-0.05, 0) is 5.56 Å². The molecule has 14 heavy (non-hydrogen) atoms. The van der Waals surface area contributed by atoms with Crippen molar-refractivity contribution in [2.75, 3.05) is 0 Å². The average Bonchev–Trinajstić information content (AvgIpc) is 2.15. The highest BCUT2D eigenvalue weighted by molar-refractivity contribution is 7.77. The maximum Gasteiger partial charge on any atom is 0.230 e. The van der Waals surface area contributed by atoms with Crippen LogP contribution in [0.15, 0.2) is 30.3 Å². The summed E-state index contributed by atoms with van der Waals surface area (Å²) in [6.07, 6.45) is 0. The summed E-state index contributed by atoms with van der Waals surface area (Å²) < 4.78 is 22.1. The minimum absolute atomic E-state index is 0.0896. The van der Waals surface area contributed by atoms with Gasteiger partial charge in [0.05, 0.1) is 17.8 Å². The topological polar surface area (TPSA) is 60.4 Å². The van der Waals surface area contributed by atoms with Crippen molar-refractivity contribution < 1.29 is 13.6 Å². The van der Waals surface area contributed by atoms with Crippen LogP contribution in [0.1, 0.15) is 12.5 Å². The van der Waals surface area contributed by atoms with E-state index in [2.05, 4.69) is 0 Å². The SMILES string of the molecule is CC(=O)N(Cc1ccccc1)S(=O)[O-]. The normalized spacial score (nSPS) is 12.1. The van der Waals surface area contributed by atoms with Gasteiger partial charge in [0.1, 0.15) is 0 Å². The monoisotopic (exact) mass is 212 g/mol. The van der Waals surface area contributed by atoms with E-state index in [4.69, 9.17) is 0 Å². The molecular weight excluding hydrogens is 202 g/mol. The summed E-state index contributed by atoms with van der Waals surface area (Å²) in [5.41, 5.74) is 0.784. The number of hydrogen-bond acceptors (Lipinski definition) is 3. The molecule has 1 atom stereocenters. The van der Waals surface area contributed by atoms with Gasteiger partial charge in [0, 0.05) is 6.92 Å². The van der Waals surface area contributed by atoms with Crippen LogP contribution in [0.5, 0.6) is 0 Å². The van der Waals surface area contributed by atoms with Gasteiger partial charge in [0.15, 0.2) is 0 Å². The summed E-state index contributed by atoms with van der Waals surface area (Å²) in [6.45, 7) is 1.31. The van der Waals surface area contributed by atoms with Crippen molar-refractivity contribution in [3.8, 4) is 0 Å². The van der Waals surface area contributed by atoms with Crippen LogP contribution >= 0.6 is 0 Å². The maximum absolute atomic E-state index is 10.9. The molecule has 76 valence electrons. The number of benzene rings is 1. The molecule has 0 aliphatic carbocycles. The van der Waals surface area contributed by atoms with Gasteiger partial charge in [-0.15, -0.1) is 0 Å². The summed E-state index contributed by atoms with van der Waals surface area (Å²) in [5.74, 6) is -0.484. The molecule has 0 aliphatic rings. The standard InChI is InChI=1S/C9H11NO3S/c1-8(11)10(14(12)13)7-9-5-3-2-4-6-9/h2-6H,7H2,1H3,(H,12,13)/p-1. The molecule has 0 spiro atoms. The van der Waals surface area contributed by atoms with Gasteiger partial charge in [0.2, 0.25) is 5.91 Å². The second-order valence-electron chi connectivity index (χ2n) is 2.76. The highest BCUT2D eigenvalue weighted by Gasteiger charge is 2.08. The third-order valence-electron chi connectivity index (χ3n) is 1.70. The third-order valence-corrected chi connectivity index (χ3v) is 2.45. The third kappa shape index (κ3) is 2.93. The van der Waals surface area contributed by atoms with Crippen LogP contribution < -0.4 is 0 Å². The zero-order valence-corrected chi connectivity index (χ0v) is 8.49. The van der Waals surface area contributed by atoms with Crippen molar-refractivity contribution in [1.29, 1.82) is 0 Å². The number of carbonyl (C=O) groups is 1. The molecule has 5 heteroatoms. The molecule has 0 aromatic heterocycles. The van der Waals surface area contributed by atoms with Gasteiger partial charge >= 0.3 is 0 Å². The first-order valence-corrected chi connectivity index (χ1v) is 5.06. The highest BCUT2D eigenvalue weighted by atomic mass is 32.2. The van der Waals surface area contributed by atoms with Crippen LogP contribution in [-0.2, 0) is 22.6 Å². The Labute approximate surface area is 85.0 Å². The minimum Gasteiger partial charge on any atom is -0.755 e. The van der Waals surface area contributed by atoms with Gasteiger partial charge in [-0.3, -0.25) is 13.3 Å². The molecule has 0 saturated carbocycles. The molecule has 1 rings (SSSR count). The predicted octanol–water partition coefficient (Wildman–Crippen LogP) is 0.829. The van der Waals surface area contributed by atoms with Gasteiger partial charge in [-0.1, -0.05) is 30.3 Å². The smallest absolute Gasteiger partial charge is 0.230 e. The first-order valence-electron chi connectivity index (χ1n) is 4.02. The van der Waals surface area contributed by atoms with Crippen LogP contribution in [-0.4, -0.2) is 19.0 Å². The number of carbonyl (C=O) groups excluding carboxylic acids is 1. The molecule has 1 aromatic rings. The van der Waals surface area contributed by atoms with E-state index in [-0.39, 0.29) is 6.54 Å². The molecule has 4 nitrogen and oxygen atoms in total. The number of nitrogens with zero attached hydrogens (tertiary/aromatic N) is 1. The molecule has 1 unspecified atom stereocenters. The molecule has 0 saturated heterocycles. The predicted molar refractivity (Wildman–Crippen MR) is 51.6 cm³/mol. The zero-order valence-electron chi connectivity index (χ0n) is 7.67. The van der Waals surface area contributed by atoms with Crippen LogP contribution in [0, 0.1) is 0 Å². The van der Waals surface area contributed by atoms with Gasteiger partial charge in [-0.2, -0.15) is 0 Å².